The van der Waals surface area contributed by atoms with Crippen LogP contribution in [0.5, 0.6) is 11.5 Å². The molecule has 30 heavy (non-hydrogen) atoms. The van der Waals surface area contributed by atoms with Gasteiger partial charge in [0.1, 0.15) is 11.5 Å². The summed E-state index contributed by atoms with van der Waals surface area (Å²) in [6.45, 7) is 3.39. The Labute approximate surface area is 180 Å². The van der Waals surface area contributed by atoms with Gasteiger partial charge >= 0.3 is 0 Å². The Morgan fingerprint density at radius 2 is 1.63 bits per heavy atom. The third-order valence-corrected chi connectivity index (χ3v) is 6.68. The minimum absolute atomic E-state index is 0.0618. The van der Waals surface area contributed by atoms with E-state index in [1.54, 1.807) is 11.8 Å². The van der Waals surface area contributed by atoms with Crippen molar-refractivity contribution in [2.75, 3.05) is 13.1 Å². The lowest BCUT2D eigenvalue weighted by molar-refractivity contribution is -0.127. The SMILES string of the molecule is Cc1ccccc1CSC1=NCCN1C(=O)C1c2ccccc2Oc2ccccc21. The van der Waals surface area contributed by atoms with Crippen molar-refractivity contribution in [2.24, 2.45) is 4.99 Å². The van der Waals surface area contributed by atoms with E-state index in [1.807, 2.05) is 59.5 Å². The fourth-order valence-electron chi connectivity index (χ4n) is 4.00. The minimum Gasteiger partial charge on any atom is -0.457 e. The van der Waals surface area contributed by atoms with Crippen molar-refractivity contribution in [1.29, 1.82) is 0 Å². The maximum Gasteiger partial charge on any atom is 0.240 e. The summed E-state index contributed by atoms with van der Waals surface area (Å²) in [5, 5.41) is 0.810. The first-order chi connectivity index (χ1) is 14.7. The Bertz CT molecular complexity index is 1100. The molecule has 0 aliphatic carbocycles. The number of fused-ring (bicyclic) bond motifs is 2. The van der Waals surface area contributed by atoms with Gasteiger partial charge in [0.2, 0.25) is 5.91 Å². The zero-order valence-corrected chi connectivity index (χ0v) is 17.6. The number of amides is 1. The third kappa shape index (κ3) is 3.39. The molecule has 3 aromatic carbocycles. The van der Waals surface area contributed by atoms with Crippen LogP contribution in [0.25, 0.3) is 0 Å². The number of ether oxygens (including phenoxy) is 1. The highest BCUT2D eigenvalue weighted by atomic mass is 32.2. The van der Waals surface area contributed by atoms with Crippen LogP contribution in [0.4, 0.5) is 0 Å². The normalized spacial score (nSPS) is 15.2. The van der Waals surface area contributed by atoms with Gasteiger partial charge in [-0.3, -0.25) is 14.7 Å². The summed E-state index contributed by atoms with van der Waals surface area (Å²) < 4.78 is 6.06. The lowest BCUT2D eigenvalue weighted by Crippen LogP contribution is -2.38. The number of benzene rings is 3. The maximum absolute atomic E-state index is 13.8. The molecular weight excluding hydrogens is 392 g/mol. The Morgan fingerprint density at radius 1 is 1.00 bits per heavy atom. The number of carbonyl (C=O) groups is 1. The van der Waals surface area contributed by atoms with E-state index in [0.717, 1.165) is 33.5 Å². The van der Waals surface area contributed by atoms with E-state index in [0.29, 0.717) is 13.1 Å². The van der Waals surface area contributed by atoms with E-state index < -0.39 is 0 Å². The molecule has 5 rings (SSSR count). The van der Waals surface area contributed by atoms with Crippen molar-refractivity contribution in [3.8, 4) is 11.5 Å². The molecule has 1 amide bonds. The minimum atomic E-state index is -0.381. The molecule has 2 aliphatic rings. The number of rotatable bonds is 3. The van der Waals surface area contributed by atoms with E-state index in [-0.39, 0.29) is 11.8 Å². The molecule has 0 radical (unpaired) electrons. The summed E-state index contributed by atoms with van der Waals surface area (Å²) in [5.74, 6) is 1.98. The van der Waals surface area contributed by atoms with E-state index in [1.165, 1.54) is 11.1 Å². The first-order valence-electron chi connectivity index (χ1n) is 10.1. The molecule has 150 valence electrons. The van der Waals surface area contributed by atoms with Crippen molar-refractivity contribution in [2.45, 2.75) is 18.6 Å². The Kier molecular flexibility index (Phi) is 5.05. The molecular formula is C25H22N2O2S. The molecule has 2 heterocycles. The monoisotopic (exact) mass is 414 g/mol. The van der Waals surface area contributed by atoms with Crippen LogP contribution in [0, 0.1) is 6.92 Å². The first kappa shape index (κ1) is 18.9. The summed E-state index contributed by atoms with van der Waals surface area (Å²) in [6, 6.07) is 24.0. The molecule has 0 fully saturated rings. The summed E-state index contributed by atoms with van der Waals surface area (Å²) in [6.07, 6.45) is 0. The first-order valence-corrected chi connectivity index (χ1v) is 11.1. The molecule has 0 N–H and O–H groups in total. The van der Waals surface area contributed by atoms with Gasteiger partial charge in [0.15, 0.2) is 5.17 Å². The molecule has 0 saturated heterocycles. The second-order valence-corrected chi connectivity index (χ2v) is 8.42. The quantitative estimate of drug-likeness (QED) is 0.579. The van der Waals surface area contributed by atoms with Crippen molar-refractivity contribution >= 4 is 22.8 Å². The van der Waals surface area contributed by atoms with E-state index in [9.17, 15) is 4.79 Å². The van der Waals surface area contributed by atoms with Crippen LogP contribution in [0.15, 0.2) is 77.8 Å². The Balaban J connectivity index is 1.43. The average molecular weight is 415 g/mol. The third-order valence-electron chi connectivity index (χ3n) is 5.61. The van der Waals surface area contributed by atoms with Crippen LogP contribution in [0.3, 0.4) is 0 Å². The lowest BCUT2D eigenvalue weighted by atomic mass is 9.87. The van der Waals surface area contributed by atoms with Crippen molar-refractivity contribution < 1.29 is 9.53 Å². The molecule has 0 bridgehead atoms. The molecule has 2 aliphatic heterocycles. The van der Waals surface area contributed by atoms with E-state index >= 15 is 0 Å². The smallest absolute Gasteiger partial charge is 0.240 e. The Hall–Kier alpha value is -3.05. The zero-order chi connectivity index (χ0) is 20.5. The number of carbonyl (C=O) groups excluding carboxylic acids is 1. The van der Waals surface area contributed by atoms with Crippen LogP contribution in [0.2, 0.25) is 0 Å². The zero-order valence-electron chi connectivity index (χ0n) is 16.7. The van der Waals surface area contributed by atoms with Crippen LogP contribution in [-0.4, -0.2) is 29.1 Å². The lowest BCUT2D eigenvalue weighted by Gasteiger charge is -2.30. The van der Waals surface area contributed by atoms with Gasteiger partial charge in [-0.15, -0.1) is 0 Å². The standard InChI is InChI=1S/C25H22N2O2S/c1-17-8-2-3-9-18(17)16-30-25-26-14-15-27(25)24(28)23-19-10-4-6-12-21(19)29-22-13-7-5-11-20(22)23/h2-13,23H,14-16H2,1H3. The van der Waals surface area contributed by atoms with Crippen LogP contribution in [-0.2, 0) is 10.5 Å². The fraction of sp³-hybridized carbons (Fsp3) is 0.200. The molecule has 4 nitrogen and oxygen atoms in total. The summed E-state index contributed by atoms with van der Waals surface area (Å²) in [5.41, 5.74) is 4.35. The number of para-hydroxylation sites is 2. The van der Waals surface area contributed by atoms with Crippen molar-refractivity contribution in [3.63, 3.8) is 0 Å². The van der Waals surface area contributed by atoms with Gasteiger partial charge in [0, 0.05) is 23.4 Å². The number of aryl methyl sites for hydroxylation is 1. The van der Waals surface area contributed by atoms with Gasteiger partial charge in [0.25, 0.3) is 0 Å². The number of nitrogens with zero attached hydrogens (tertiary/aromatic N) is 2. The summed E-state index contributed by atoms with van der Waals surface area (Å²) >= 11 is 1.64. The van der Waals surface area contributed by atoms with Crippen LogP contribution < -0.4 is 4.74 Å². The van der Waals surface area contributed by atoms with Crippen molar-refractivity contribution in [3.05, 3.63) is 95.1 Å². The van der Waals surface area contributed by atoms with E-state index in [2.05, 4.69) is 30.1 Å². The van der Waals surface area contributed by atoms with E-state index in [4.69, 9.17) is 4.74 Å². The maximum atomic E-state index is 13.8. The molecule has 0 aromatic heterocycles. The van der Waals surface area contributed by atoms with Crippen molar-refractivity contribution in [1.82, 2.24) is 4.90 Å². The molecule has 0 saturated carbocycles. The van der Waals surface area contributed by atoms with Crippen LogP contribution in [0.1, 0.15) is 28.2 Å². The molecule has 0 unspecified atom stereocenters. The predicted octanol–water partition coefficient (Wildman–Crippen LogP) is 5.36. The highest BCUT2D eigenvalue weighted by molar-refractivity contribution is 8.13. The topological polar surface area (TPSA) is 41.9 Å². The van der Waals surface area contributed by atoms with Gasteiger partial charge in [-0.25, -0.2) is 0 Å². The van der Waals surface area contributed by atoms with Gasteiger partial charge in [-0.2, -0.15) is 0 Å². The number of hydrogen-bond donors (Lipinski definition) is 0. The molecule has 0 spiro atoms. The fourth-order valence-corrected chi connectivity index (χ4v) is 5.13. The number of amidine groups is 1. The van der Waals surface area contributed by atoms with Gasteiger partial charge in [-0.05, 0) is 30.2 Å². The number of thioether (sulfide) groups is 1. The van der Waals surface area contributed by atoms with Crippen LogP contribution >= 0.6 is 11.8 Å². The highest BCUT2D eigenvalue weighted by Gasteiger charge is 2.37. The second-order valence-electron chi connectivity index (χ2n) is 7.48. The second kappa shape index (κ2) is 8.00. The Morgan fingerprint density at radius 3 is 2.33 bits per heavy atom. The highest BCUT2D eigenvalue weighted by Crippen LogP contribution is 2.45. The summed E-state index contributed by atoms with van der Waals surface area (Å²) in [7, 11) is 0. The number of aliphatic imine (C=N–C) groups is 1. The predicted molar refractivity (Wildman–Crippen MR) is 121 cm³/mol. The molecule has 3 aromatic rings. The van der Waals surface area contributed by atoms with Gasteiger partial charge in [-0.1, -0.05) is 72.4 Å². The van der Waals surface area contributed by atoms with Gasteiger partial charge < -0.3 is 4.74 Å². The number of hydrogen-bond acceptors (Lipinski definition) is 4. The summed E-state index contributed by atoms with van der Waals surface area (Å²) in [4.78, 5) is 20.3. The largest absolute Gasteiger partial charge is 0.457 e. The molecule has 5 heteroatoms. The molecule has 0 atom stereocenters. The average Bonchev–Trinajstić information content (AvgIpc) is 3.25. The van der Waals surface area contributed by atoms with Gasteiger partial charge in [0.05, 0.1) is 12.5 Å².